The predicted molar refractivity (Wildman–Crippen MR) is 119 cm³/mol. The smallest absolute Gasteiger partial charge is 0.272 e. The van der Waals surface area contributed by atoms with Crippen molar-refractivity contribution in [2.75, 3.05) is 10.6 Å². The van der Waals surface area contributed by atoms with Crippen LogP contribution in [0.2, 0.25) is 5.02 Å². The molecule has 0 aliphatic heterocycles. The van der Waals surface area contributed by atoms with Gasteiger partial charge < -0.3 is 15.6 Å². The van der Waals surface area contributed by atoms with Gasteiger partial charge >= 0.3 is 0 Å². The molecule has 9 nitrogen and oxygen atoms in total. The fraction of sp³-hybridized carbons (Fsp3) is 0.190. The topological polar surface area (TPSA) is 128 Å². The van der Waals surface area contributed by atoms with Gasteiger partial charge in [0, 0.05) is 22.4 Å². The van der Waals surface area contributed by atoms with Crippen LogP contribution >= 0.6 is 11.6 Å². The summed E-state index contributed by atoms with van der Waals surface area (Å²) in [5, 5.41) is 20.7. The third-order valence-corrected chi connectivity index (χ3v) is 4.83. The number of rotatable bonds is 6. The molecule has 2 aromatic heterocycles. The minimum atomic E-state index is -0.355. The lowest BCUT2D eigenvalue weighted by Crippen LogP contribution is -2.14. The molecule has 0 spiro atoms. The highest BCUT2D eigenvalue weighted by Gasteiger charge is 2.16. The van der Waals surface area contributed by atoms with E-state index in [1.54, 1.807) is 30.3 Å². The predicted octanol–water partition coefficient (Wildman–Crippen LogP) is 4.24. The Hall–Kier alpha value is -3.72. The molecule has 0 radical (unpaired) electrons. The number of aromatic nitrogens is 5. The summed E-state index contributed by atoms with van der Waals surface area (Å²) < 4.78 is 0. The zero-order chi connectivity index (χ0) is 22.0. The van der Waals surface area contributed by atoms with E-state index in [9.17, 15) is 9.59 Å². The SMILES string of the molecule is CC(C)CC(=O)Nc1cccc2cc(C(=O)Nc3ccc(Cl)cc3-c3nnn[nH]3)[nH]c12. The number of aromatic amines is 2. The number of fused-ring (bicyclic) bond motifs is 1. The van der Waals surface area contributed by atoms with Crippen molar-refractivity contribution in [1.82, 2.24) is 25.6 Å². The molecule has 4 rings (SSSR count). The molecular weight excluding hydrogens is 418 g/mol. The van der Waals surface area contributed by atoms with Gasteiger partial charge in [0.2, 0.25) is 5.91 Å². The molecule has 0 aliphatic rings. The number of anilines is 2. The van der Waals surface area contributed by atoms with Crippen LogP contribution in [0.5, 0.6) is 0 Å². The Morgan fingerprint density at radius 3 is 2.68 bits per heavy atom. The maximum Gasteiger partial charge on any atom is 0.272 e. The molecule has 10 heteroatoms. The first-order valence-electron chi connectivity index (χ1n) is 9.67. The van der Waals surface area contributed by atoms with Crippen molar-refractivity contribution in [2.45, 2.75) is 20.3 Å². The van der Waals surface area contributed by atoms with Crippen molar-refractivity contribution in [2.24, 2.45) is 5.92 Å². The molecule has 0 saturated carbocycles. The minimum Gasteiger partial charge on any atom is -0.349 e. The first kappa shape index (κ1) is 20.5. The third-order valence-electron chi connectivity index (χ3n) is 4.60. The number of para-hydroxylation sites is 1. The van der Waals surface area contributed by atoms with Gasteiger partial charge in [0.1, 0.15) is 5.69 Å². The molecule has 0 saturated heterocycles. The van der Waals surface area contributed by atoms with Gasteiger partial charge in [0.15, 0.2) is 5.82 Å². The van der Waals surface area contributed by atoms with Crippen molar-refractivity contribution in [1.29, 1.82) is 0 Å². The highest BCUT2D eigenvalue weighted by Crippen LogP contribution is 2.29. The fourth-order valence-electron chi connectivity index (χ4n) is 3.24. The first-order valence-corrected chi connectivity index (χ1v) is 10.0. The Morgan fingerprint density at radius 2 is 1.94 bits per heavy atom. The molecule has 2 heterocycles. The second-order valence-electron chi connectivity index (χ2n) is 7.49. The molecule has 0 bridgehead atoms. The number of benzene rings is 2. The van der Waals surface area contributed by atoms with Gasteiger partial charge in [-0.1, -0.05) is 37.6 Å². The second-order valence-corrected chi connectivity index (χ2v) is 7.93. The molecule has 0 atom stereocenters. The summed E-state index contributed by atoms with van der Waals surface area (Å²) in [6.07, 6.45) is 0.417. The summed E-state index contributed by atoms with van der Waals surface area (Å²) in [6.45, 7) is 3.97. The summed E-state index contributed by atoms with van der Waals surface area (Å²) in [6, 6.07) is 12.2. The van der Waals surface area contributed by atoms with Crippen LogP contribution in [0.25, 0.3) is 22.3 Å². The lowest BCUT2D eigenvalue weighted by molar-refractivity contribution is -0.116. The number of tetrazole rings is 1. The average molecular weight is 438 g/mol. The van der Waals surface area contributed by atoms with Gasteiger partial charge in [-0.25, -0.2) is 5.10 Å². The van der Waals surface area contributed by atoms with Crippen molar-refractivity contribution >= 4 is 45.7 Å². The number of H-pyrrole nitrogens is 2. The van der Waals surface area contributed by atoms with E-state index in [1.807, 2.05) is 26.0 Å². The summed E-state index contributed by atoms with van der Waals surface area (Å²) in [7, 11) is 0. The van der Waals surface area contributed by atoms with Crippen LogP contribution in [0.4, 0.5) is 11.4 Å². The van der Waals surface area contributed by atoms with Crippen LogP contribution < -0.4 is 10.6 Å². The van der Waals surface area contributed by atoms with E-state index in [0.717, 1.165) is 5.39 Å². The molecule has 0 fully saturated rings. The number of carbonyl (C=O) groups excluding carboxylic acids is 2. The van der Waals surface area contributed by atoms with Gasteiger partial charge in [-0.2, -0.15) is 0 Å². The monoisotopic (exact) mass is 437 g/mol. The van der Waals surface area contributed by atoms with Gasteiger partial charge in [-0.15, -0.1) is 5.10 Å². The van der Waals surface area contributed by atoms with E-state index < -0.39 is 0 Å². The van der Waals surface area contributed by atoms with Crippen molar-refractivity contribution < 1.29 is 9.59 Å². The van der Waals surface area contributed by atoms with Crippen LogP contribution in [0.15, 0.2) is 42.5 Å². The number of hydrogen-bond donors (Lipinski definition) is 4. The van der Waals surface area contributed by atoms with E-state index in [-0.39, 0.29) is 17.7 Å². The Morgan fingerprint density at radius 1 is 1.10 bits per heavy atom. The molecule has 4 aromatic rings. The molecule has 31 heavy (non-hydrogen) atoms. The molecule has 0 aliphatic carbocycles. The van der Waals surface area contributed by atoms with Crippen LogP contribution in [0, 0.1) is 5.92 Å². The van der Waals surface area contributed by atoms with E-state index in [1.165, 1.54) is 0 Å². The number of carbonyl (C=O) groups is 2. The van der Waals surface area contributed by atoms with Gasteiger partial charge in [0.25, 0.3) is 5.91 Å². The summed E-state index contributed by atoms with van der Waals surface area (Å²) in [5.41, 5.74) is 2.71. The Labute approximate surface area is 182 Å². The highest BCUT2D eigenvalue weighted by molar-refractivity contribution is 6.31. The normalized spacial score (nSPS) is 11.1. The van der Waals surface area contributed by atoms with Gasteiger partial charge in [-0.3, -0.25) is 9.59 Å². The van der Waals surface area contributed by atoms with Crippen LogP contribution in [0.1, 0.15) is 30.8 Å². The molecule has 2 amide bonds. The zero-order valence-corrected chi connectivity index (χ0v) is 17.6. The number of nitrogens with one attached hydrogen (secondary N) is 4. The molecule has 4 N–H and O–H groups in total. The lowest BCUT2D eigenvalue weighted by atomic mass is 10.1. The van der Waals surface area contributed by atoms with Gasteiger partial charge in [0.05, 0.1) is 16.9 Å². The number of halogens is 1. The van der Waals surface area contributed by atoms with Crippen LogP contribution in [0.3, 0.4) is 0 Å². The maximum atomic E-state index is 12.9. The average Bonchev–Trinajstić information content (AvgIpc) is 3.39. The number of nitrogens with zero attached hydrogens (tertiary/aromatic N) is 3. The minimum absolute atomic E-state index is 0.0745. The van der Waals surface area contributed by atoms with Crippen LogP contribution in [-0.2, 0) is 4.79 Å². The van der Waals surface area contributed by atoms with Crippen molar-refractivity contribution in [3.63, 3.8) is 0 Å². The molecule has 0 unspecified atom stereocenters. The Kier molecular flexibility index (Phi) is 5.68. The second kappa shape index (κ2) is 8.57. The van der Waals surface area contributed by atoms with Crippen molar-refractivity contribution in [3.8, 4) is 11.4 Å². The van der Waals surface area contributed by atoms with E-state index >= 15 is 0 Å². The standard InChI is InChI=1S/C21H20ClN7O2/c1-11(2)8-18(30)23-16-5-3-4-12-9-17(24-19(12)16)21(31)25-15-7-6-13(22)10-14(15)20-26-28-29-27-20/h3-7,9-11,24H,8H2,1-2H3,(H,23,30)(H,25,31)(H,26,27,28,29). The summed E-state index contributed by atoms with van der Waals surface area (Å²) in [4.78, 5) is 28.2. The Bertz CT molecular complexity index is 1250. The highest BCUT2D eigenvalue weighted by atomic mass is 35.5. The number of amides is 2. The van der Waals surface area contributed by atoms with E-state index in [2.05, 4.69) is 36.2 Å². The molecule has 158 valence electrons. The van der Waals surface area contributed by atoms with E-state index in [4.69, 9.17) is 11.6 Å². The third kappa shape index (κ3) is 4.56. The fourth-order valence-corrected chi connectivity index (χ4v) is 3.41. The quantitative estimate of drug-likeness (QED) is 0.358. The van der Waals surface area contributed by atoms with E-state index in [0.29, 0.717) is 45.4 Å². The lowest BCUT2D eigenvalue weighted by Gasteiger charge is -2.09. The van der Waals surface area contributed by atoms with Crippen LogP contribution in [-0.4, -0.2) is 37.4 Å². The Balaban J connectivity index is 1.61. The first-order chi connectivity index (χ1) is 14.9. The largest absolute Gasteiger partial charge is 0.349 e. The molecule has 2 aromatic carbocycles. The molecular formula is C21H20ClN7O2. The van der Waals surface area contributed by atoms with Gasteiger partial charge in [-0.05, 0) is 46.7 Å². The number of hydrogen-bond acceptors (Lipinski definition) is 5. The summed E-state index contributed by atoms with van der Waals surface area (Å²) >= 11 is 6.10. The zero-order valence-electron chi connectivity index (χ0n) is 16.9. The maximum absolute atomic E-state index is 12.9. The van der Waals surface area contributed by atoms with Crippen molar-refractivity contribution in [3.05, 3.63) is 53.2 Å². The summed E-state index contributed by atoms with van der Waals surface area (Å²) in [5.74, 6) is 0.197.